The number of hydrogen-bond donors (Lipinski definition) is 1. The molecule has 0 bridgehead atoms. The molecule has 130 valence electrons. The minimum Gasteiger partial charge on any atom is -0.349 e. The van der Waals surface area contributed by atoms with E-state index >= 15 is 0 Å². The molecule has 2 aromatic heterocycles. The van der Waals surface area contributed by atoms with Gasteiger partial charge in [-0.1, -0.05) is 18.2 Å². The summed E-state index contributed by atoms with van der Waals surface area (Å²) >= 11 is 0. The Bertz CT molecular complexity index is 854. The van der Waals surface area contributed by atoms with E-state index in [1.54, 1.807) is 0 Å². The molecule has 0 radical (unpaired) electrons. The third kappa shape index (κ3) is 3.73. The first kappa shape index (κ1) is 16.8. The zero-order valence-electron chi connectivity index (χ0n) is 14.5. The van der Waals surface area contributed by atoms with Gasteiger partial charge in [-0.25, -0.2) is 9.36 Å². The summed E-state index contributed by atoms with van der Waals surface area (Å²) in [7, 11) is 0. The number of hydrogen-bond acceptors (Lipinski definition) is 5. The molecule has 0 saturated carbocycles. The van der Waals surface area contributed by atoms with E-state index in [2.05, 4.69) is 38.9 Å². The molecule has 3 rings (SSSR count). The van der Waals surface area contributed by atoms with Crippen LogP contribution in [-0.2, 0) is 11.3 Å². The number of nitrogens with zero attached hydrogens (tertiary/aromatic N) is 6. The Labute approximate surface area is 145 Å². The molecule has 1 atom stereocenters. The molecule has 1 amide bonds. The van der Waals surface area contributed by atoms with Crippen LogP contribution in [0, 0.1) is 13.8 Å². The predicted molar refractivity (Wildman–Crippen MR) is 92.0 cm³/mol. The fourth-order valence-corrected chi connectivity index (χ4v) is 2.78. The standard InChI is InChI=1S/C17H21N7O/c1-12-6-4-5-7-16(12)24-14(3)15(10-19-24)13(2)20-17(25)8-9-23-11-18-21-22-23/h4-7,10-11,13H,8-9H2,1-3H3,(H,20,25)/t13-/m0/s1. The number of nitrogens with one attached hydrogen (secondary N) is 1. The number of aromatic nitrogens is 6. The molecular formula is C17H21N7O. The Balaban J connectivity index is 1.67. The highest BCUT2D eigenvalue weighted by molar-refractivity contribution is 5.76. The zero-order valence-corrected chi connectivity index (χ0v) is 14.5. The van der Waals surface area contributed by atoms with Crippen LogP contribution in [-0.4, -0.2) is 35.9 Å². The molecule has 8 heteroatoms. The molecule has 25 heavy (non-hydrogen) atoms. The highest BCUT2D eigenvalue weighted by atomic mass is 16.1. The molecule has 0 unspecified atom stereocenters. The Morgan fingerprint density at radius 1 is 1.28 bits per heavy atom. The number of amides is 1. The number of tetrazole rings is 1. The third-order valence-corrected chi connectivity index (χ3v) is 4.19. The number of para-hydroxylation sites is 1. The summed E-state index contributed by atoms with van der Waals surface area (Å²) in [5.41, 5.74) is 4.21. The fraction of sp³-hybridized carbons (Fsp3) is 0.353. The van der Waals surface area contributed by atoms with Gasteiger partial charge in [-0.05, 0) is 42.8 Å². The maximum absolute atomic E-state index is 12.1. The number of carbonyl (C=O) groups excluding carboxylic acids is 1. The van der Waals surface area contributed by atoms with Gasteiger partial charge >= 0.3 is 0 Å². The van der Waals surface area contributed by atoms with Crippen molar-refractivity contribution in [1.29, 1.82) is 0 Å². The van der Waals surface area contributed by atoms with E-state index in [0.717, 1.165) is 22.5 Å². The number of rotatable bonds is 6. The second-order valence-corrected chi connectivity index (χ2v) is 6.00. The first-order valence-corrected chi connectivity index (χ1v) is 8.17. The van der Waals surface area contributed by atoms with Crippen molar-refractivity contribution < 1.29 is 4.79 Å². The SMILES string of the molecule is Cc1ccccc1-n1ncc([C@H](C)NC(=O)CCn2cnnn2)c1C. The van der Waals surface area contributed by atoms with E-state index in [4.69, 9.17) is 0 Å². The van der Waals surface area contributed by atoms with E-state index in [1.807, 2.05) is 42.9 Å². The van der Waals surface area contributed by atoms with E-state index in [9.17, 15) is 4.79 Å². The zero-order chi connectivity index (χ0) is 17.8. The van der Waals surface area contributed by atoms with Crippen molar-refractivity contribution in [3.8, 4) is 5.69 Å². The Kier molecular flexibility index (Phi) is 4.87. The molecule has 0 spiro atoms. The maximum Gasteiger partial charge on any atom is 0.222 e. The number of aryl methyl sites for hydroxylation is 2. The van der Waals surface area contributed by atoms with Crippen molar-refractivity contribution in [2.45, 2.75) is 39.8 Å². The maximum atomic E-state index is 12.1. The van der Waals surface area contributed by atoms with Crippen LogP contribution in [0.5, 0.6) is 0 Å². The lowest BCUT2D eigenvalue weighted by molar-refractivity contribution is -0.122. The highest BCUT2D eigenvalue weighted by Crippen LogP contribution is 2.21. The minimum atomic E-state index is -0.126. The predicted octanol–water partition coefficient (Wildman–Crippen LogP) is 1.74. The van der Waals surface area contributed by atoms with Crippen molar-refractivity contribution in [1.82, 2.24) is 35.3 Å². The quantitative estimate of drug-likeness (QED) is 0.739. The van der Waals surface area contributed by atoms with Gasteiger partial charge in [0, 0.05) is 17.7 Å². The van der Waals surface area contributed by atoms with Gasteiger partial charge in [0.25, 0.3) is 0 Å². The summed E-state index contributed by atoms with van der Waals surface area (Å²) in [4.78, 5) is 12.1. The highest BCUT2D eigenvalue weighted by Gasteiger charge is 2.17. The molecule has 0 fully saturated rings. The van der Waals surface area contributed by atoms with Crippen molar-refractivity contribution in [2.75, 3.05) is 0 Å². The summed E-state index contributed by atoms with van der Waals surface area (Å²) in [6, 6.07) is 7.97. The molecule has 1 N–H and O–H groups in total. The fourth-order valence-electron chi connectivity index (χ4n) is 2.78. The first-order chi connectivity index (χ1) is 12.1. The largest absolute Gasteiger partial charge is 0.349 e. The van der Waals surface area contributed by atoms with Crippen molar-refractivity contribution in [3.05, 3.63) is 53.6 Å². The van der Waals surface area contributed by atoms with E-state index in [0.29, 0.717) is 13.0 Å². The number of carbonyl (C=O) groups is 1. The average molecular weight is 339 g/mol. The van der Waals surface area contributed by atoms with Crippen LogP contribution in [0.2, 0.25) is 0 Å². The van der Waals surface area contributed by atoms with Gasteiger partial charge in [-0.3, -0.25) is 4.79 Å². The minimum absolute atomic E-state index is 0.0500. The molecular weight excluding hydrogens is 318 g/mol. The lowest BCUT2D eigenvalue weighted by Gasteiger charge is -2.14. The normalized spacial score (nSPS) is 12.1. The van der Waals surface area contributed by atoms with Crippen LogP contribution in [0.4, 0.5) is 0 Å². The summed E-state index contributed by atoms with van der Waals surface area (Å²) in [5.74, 6) is -0.0500. The van der Waals surface area contributed by atoms with Gasteiger partial charge in [0.1, 0.15) is 6.33 Å². The molecule has 0 aliphatic heterocycles. The third-order valence-electron chi connectivity index (χ3n) is 4.19. The molecule has 0 aliphatic carbocycles. The molecule has 0 saturated heterocycles. The molecule has 1 aromatic carbocycles. The van der Waals surface area contributed by atoms with Gasteiger partial charge in [0.15, 0.2) is 0 Å². The van der Waals surface area contributed by atoms with Gasteiger partial charge in [0.05, 0.1) is 24.5 Å². The van der Waals surface area contributed by atoms with Crippen molar-refractivity contribution in [3.63, 3.8) is 0 Å². The monoisotopic (exact) mass is 339 g/mol. The van der Waals surface area contributed by atoms with Crippen LogP contribution in [0.25, 0.3) is 5.69 Å². The second kappa shape index (κ2) is 7.25. The molecule has 0 aliphatic rings. The molecule has 3 aromatic rings. The Hall–Kier alpha value is -3.03. The van der Waals surface area contributed by atoms with Crippen LogP contribution >= 0.6 is 0 Å². The summed E-state index contributed by atoms with van der Waals surface area (Å²) in [6.45, 7) is 6.48. The van der Waals surface area contributed by atoms with Crippen LogP contribution in [0.3, 0.4) is 0 Å². The summed E-state index contributed by atoms with van der Waals surface area (Å²) in [6.07, 6.45) is 3.63. The smallest absolute Gasteiger partial charge is 0.222 e. The first-order valence-electron chi connectivity index (χ1n) is 8.17. The Morgan fingerprint density at radius 2 is 2.08 bits per heavy atom. The topological polar surface area (TPSA) is 90.5 Å². The number of benzene rings is 1. The van der Waals surface area contributed by atoms with Gasteiger partial charge in [0.2, 0.25) is 5.91 Å². The van der Waals surface area contributed by atoms with Gasteiger partial charge in [-0.2, -0.15) is 5.10 Å². The lowest BCUT2D eigenvalue weighted by Crippen LogP contribution is -2.27. The second-order valence-electron chi connectivity index (χ2n) is 6.00. The lowest BCUT2D eigenvalue weighted by atomic mass is 10.1. The van der Waals surface area contributed by atoms with E-state index in [1.165, 1.54) is 11.0 Å². The van der Waals surface area contributed by atoms with Crippen molar-refractivity contribution in [2.24, 2.45) is 0 Å². The Morgan fingerprint density at radius 3 is 2.80 bits per heavy atom. The van der Waals surface area contributed by atoms with Crippen LogP contribution in [0.1, 0.15) is 36.2 Å². The summed E-state index contributed by atoms with van der Waals surface area (Å²) < 4.78 is 3.44. The van der Waals surface area contributed by atoms with Crippen LogP contribution in [0.15, 0.2) is 36.8 Å². The van der Waals surface area contributed by atoms with E-state index in [-0.39, 0.29) is 11.9 Å². The molecule has 2 heterocycles. The van der Waals surface area contributed by atoms with E-state index < -0.39 is 0 Å². The van der Waals surface area contributed by atoms with Gasteiger partial charge < -0.3 is 5.32 Å². The average Bonchev–Trinajstić information content (AvgIpc) is 3.23. The molecule has 8 nitrogen and oxygen atoms in total. The van der Waals surface area contributed by atoms with Gasteiger partial charge in [-0.15, -0.1) is 5.10 Å². The van der Waals surface area contributed by atoms with Crippen molar-refractivity contribution >= 4 is 5.91 Å². The van der Waals surface area contributed by atoms with Crippen LogP contribution < -0.4 is 5.32 Å². The summed E-state index contributed by atoms with van der Waals surface area (Å²) in [5, 5.41) is 18.3.